The Morgan fingerprint density at radius 3 is 2.33 bits per heavy atom. The SMILES string of the molecule is O=C(O)c1ccc(-c2c[c]ccc2)cc1. The molecule has 0 heterocycles. The summed E-state index contributed by atoms with van der Waals surface area (Å²) in [5.74, 6) is -0.902. The van der Waals surface area contributed by atoms with E-state index in [0.29, 0.717) is 5.56 Å². The number of carboxylic acid groups (broad SMARTS) is 1. The van der Waals surface area contributed by atoms with Gasteiger partial charge < -0.3 is 5.11 Å². The molecule has 0 unspecified atom stereocenters. The molecule has 2 aromatic carbocycles. The molecule has 0 aliphatic rings. The van der Waals surface area contributed by atoms with Crippen LogP contribution >= 0.6 is 0 Å². The van der Waals surface area contributed by atoms with Gasteiger partial charge in [0.25, 0.3) is 0 Å². The Bertz CT molecular complexity index is 458. The molecule has 0 saturated heterocycles. The molecule has 0 fully saturated rings. The third-order valence-corrected chi connectivity index (χ3v) is 2.17. The molecule has 0 aromatic heterocycles. The van der Waals surface area contributed by atoms with Gasteiger partial charge >= 0.3 is 5.97 Å². The van der Waals surface area contributed by atoms with Crippen LogP contribution in [0.2, 0.25) is 0 Å². The highest BCUT2D eigenvalue weighted by atomic mass is 16.4. The van der Waals surface area contributed by atoms with Gasteiger partial charge in [-0.1, -0.05) is 30.3 Å². The van der Waals surface area contributed by atoms with E-state index < -0.39 is 5.97 Å². The lowest BCUT2D eigenvalue weighted by Gasteiger charge is -2.01. The Balaban J connectivity index is 2.36. The molecule has 0 atom stereocenters. The molecular formula is C13H9O2. The second kappa shape index (κ2) is 3.96. The van der Waals surface area contributed by atoms with Crippen molar-refractivity contribution in [2.45, 2.75) is 0 Å². The smallest absolute Gasteiger partial charge is 0.335 e. The minimum absolute atomic E-state index is 0.304. The molecule has 0 bridgehead atoms. The maximum absolute atomic E-state index is 10.6. The fraction of sp³-hybridized carbons (Fsp3) is 0. The zero-order valence-corrected chi connectivity index (χ0v) is 7.97. The highest BCUT2D eigenvalue weighted by Crippen LogP contribution is 2.18. The molecule has 0 aliphatic heterocycles. The highest BCUT2D eigenvalue weighted by molar-refractivity contribution is 5.88. The number of carbonyl (C=O) groups is 1. The summed E-state index contributed by atoms with van der Waals surface area (Å²) in [6.45, 7) is 0. The average molecular weight is 197 g/mol. The fourth-order valence-electron chi connectivity index (χ4n) is 1.38. The van der Waals surface area contributed by atoms with Crippen molar-refractivity contribution in [3.63, 3.8) is 0 Å². The summed E-state index contributed by atoms with van der Waals surface area (Å²) in [6.07, 6.45) is 0. The lowest BCUT2D eigenvalue weighted by Crippen LogP contribution is -1.94. The van der Waals surface area contributed by atoms with Crippen molar-refractivity contribution in [3.05, 3.63) is 60.2 Å². The normalized spacial score (nSPS) is 9.87. The van der Waals surface area contributed by atoms with E-state index in [1.165, 1.54) is 0 Å². The molecule has 1 N–H and O–H groups in total. The second-order valence-corrected chi connectivity index (χ2v) is 3.17. The molecule has 0 amide bonds. The number of rotatable bonds is 2. The van der Waals surface area contributed by atoms with Crippen LogP contribution in [-0.2, 0) is 0 Å². The Labute approximate surface area is 87.8 Å². The Morgan fingerprint density at radius 2 is 1.80 bits per heavy atom. The van der Waals surface area contributed by atoms with Crippen LogP contribution in [0.5, 0.6) is 0 Å². The maximum atomic E-state index is 10.6. The van der Waals surface area contributed by atoms with Crippen LogP contribution in [0.25, 0.3) is 11.1 Å². The minimum Gasteiger partial charge on any atom is -0.478 e. The zero-order valence-electron chi connectivity index (χ0n) is 7.97. The number of hydrogen-bond acceptors (Lipinski definition) is 1. The van der Waals surface area contributed by atoms with Gasteiger partial charge in [0.1, 0.15) is 0 Å². The van der Waals surface area contributed by atoms with Gasteiger partial charge in [0.05, 0.1) is 5.56 Å². The predicted octanol–water partition coefficient (Wildman–Crippen LogP) is 2.85. The average Bonchev–Trinajstić information content (AvgIpc) is 2.30. The van der Waals surface area contributed by atoms with Crippen molar-refractivity contribution in [3.8, 4) is 11.1 Å². The predicted molar refractivity (Wildman–Crippen MR) is 57.7 cm³/mol. The Kier molecular flexibility index (Phi) is 2.50. The molecule has 2 aromatic rings. The first-order chi connectivity index (χ1) is 7.27. The summed E-state index contributed by atoms with van der Waals surface area (Å²) in [5, 5.41) is 8.74. The van der Waals surface area contributed by atoms with E-state index in [1.54, 1.807) is 24.3 Å². The number of aromatic carboxylic acids is 1. The molecule has 0 aliphatic carbocycles. The van der Waals surface area contributed by atoms with E-state index in [-0.39, 0.29) is 0 Å². The summed E-state index contributed by atoms with van der Waals surface area (Å²) in [6, 6.07) is 17.3. The third kappa shape index (κ3) is 2.05. The maximum Gasteiger partial charge on any atom is 0.335 e. The monoisotopic (exact) mass is 197 g/mol. The van der Waals surface area contributed by atoms with Crippen LogP contribution in [0.15, 0.2) is 48.5 Å². The first-order valence-electron chi connectivity index (χ1n) is 4.57. The largest absolute Gasteiger partial charge is 0.478 e. The number of hydrogen-bond donors (Lipinski definition) is 1. The van der Waals surface area contributed by atoms with Gasteiger partial charge in [-0.2, -0.15) is 0 Å². The molecule has 0 spiro atoms. The van der Waals surface area contributed by atoms with E-state index in [0.717, 1.165) is 11.1 Å². The molecule has 15 heavy (non-hydrogen) atoms. The van der Waals surface area contributed by atoms with Crippen molar-refractivity contribution in [1.29, 1.82) is 0 Å². The quantitative estimate of drug-likeness (QED) is 0.803. The number of carboxylic acids is 1. The van der Waals surface area contributed by atoms with Gasteiger partial charge in [-0.3, -0.25) is 0 Å². The number of benzene rings is 2. The van der Waals surface area contributed by atoms with Crippen LogP contribution in [-0.4, -0.2) is 11.1 Å². The molecule has 2 heteroatoms. The molecule has 2 nitrogen and oxygen atoms in total. The van der Waals surface area contributed by atoms with Gasteiger partial charge in [-0.05, 0) is 35.4 Å². The molecule has 1 radical (unpaired) electrons. The van der Waals surface area contributed by atoms with E-state index in [1.807, 2.05) is 24.3 Å². The van der Waals surface area contributed by atoms with E-state index in [4.69, 9.17) is 5.11 Å². The van der Waals surface area contributed by atoms with E-state index in [9.17, 15) is 4.79 Å². The van der Waals surface area contributed by atoms with Gasteiger partial charge in [-0.25, -0.2) is 4.79 Å². The van der Waals surface area contributed by atoms with Crippen molar-refractivity contribution in [2.75, 3.05) is 0 Å². The van der Waals surface area contributed by atoms with Crippen molar-refractivity contribution in [1.82, 2.24) is 0 Å². The molecule has 73 valence electrons. The van der Waals surface area contributed by atoms with Gasteiger partial charge in [0.2, 0.25) is 0 Å². The lowest BCUT2D eigenvalue weighted by molar-refractivity contribution is 0.0697. The zero-order chi connectivity index (χ0) is 10.7. The van der Waals surface area contributed by atoms with Gasteiger partial charge in [0.15, 0.2) is 0 Å². The Morgan fingerprint density at radius 1 is 1.07 bits per heavy atom. The Hall–Kier alpha value is -2.09. The third-order valence-electron chi connectivity index (χ3n) is 2.17. The first-order valence-corrected chi connectivity index (χ1v) is 4.57. The fourth-order valence-corrected chi connectivity index (χ4v) is 1.38. The summed E-state index contributed by atoms with van der Waals surface area (Å²) >= 11 is 0. The highest BCUT2D eigenvalue weighted by Gasteiger charge is 2.02. The molecule has 2 rings (SSSR count). The first kappa shape index (κ1) is 9.46. The lowest BCUT2D eigenvalue weighted by atomic mass is 10.0. The molecule has 0 saturated carbocycles. The van der Waals surface area contributed by atoms with E-state index in [2.05, 4.69) is 6.07 Å². The summed E-state index contributed by atoms with van der Waals surface area (Å²) in [7, 11) is 0. The van der Waals surface area contributed by atoms with Crippen LogP contribution < -0.4 is 0 Å². The van der Waals surface area contributed by atoms with Crippen molar-refractivity contribution in [2.24, 2.45) is 0 Å². The summed E-state index contributed by atoms with van der Waals surface area (Å²) in [5.41, 5.74) is 2.34. The van der Waals surface area contributed by atoms with Gasteiger partial charge in [0, 0.05) is 0 Å². The van der Waals surface area contributed by atoms with Crippen LogP contribution in [0.3, 0.4) is 0 Å². The van der Waals surface area contributed by atoms with Crippen LogP contribution in [0, 0.1) is 6.07 Å². The minimum atomic E-state index is -0.902. The van der Waals surface area contributed by atoms with Crippen molar-refractivity contribution >= 4 is 5.97 Å². The van der Waals surface area contributed by atoms with Crippen molar-refractivity contribution < 1.29 is 9.90 Å². The summed E-state index contributed by atoms with van der Waals surface area (Å²) < 4.78 is 0. The van der Waals surface area contributed by atoms with E-state index >= 15 is 0 Å². The van der Waals surface area contributed by atoms with Gasteiger partial charge in [-0.15, -0.1) is 0 Å². The standard InChI is InChI=1S/C13H9O2/c14-13(15)12-8-6-11(7-9-12)10-4-2-1-3-5-10/h1-2,4-9H,(H,14,15). The summed E-state index contributed by atoms with van der Waals surface area (Å²) in [4.78, 5) is 10.6. The second-order valence-electron chi connectivity index (χ2n) is 3.17. The topological polar surface area (TPSA) is 37.3 Å². The van der Waals surface area contributed by atoms with Crippen LogP contribution in [0.4, 0.5) is 0 Å². The molecular weight excluding hydrogens is 188 g/mol. The van der Waals surface area contributed by atoms with Crippen LogP contribution in [0.1, 0.15) is 10.4 Å².